The fourth-order valence-corrected chi connectivity index (χ4v) is 3.24. The zero-order chi connectivity index (χ0) is 22.4. The van der Waals surface area contributed by atoms with Crippen molar-refractivity contribution < 1.29 is 34.8 Å². The predicted octanol–water partition coefficient (Wildman–Crippen LogP) is 1.25. The Morgan fingerprint density at radius 1 is 1.10 bits per heavy atom. The summed E-state index contributed by atoms with van der Waals surface area (Å²) in [6.07, 6.45) is -1.03. The molecule has 0 heterocycles. The maximum atomic E-state index is 13.2. The summed E-state index contributed by atoms with van der Waals surface area (Å²) in [6, 6.07) is 7.42. The van der Waals surface area contributed by atoms with Crippen molar-refractivity contribution in [3.63, 3.8) is 0 Å². The molecule has 2 rings (SSSR count). The van der Waals surface area contributed by atoms with E-state index in [2.05, 4.69) is 0 Å². The summed E-state index contributed by atoms with van der Waals surface area (Å²) in [5, 5.41) is 39.3. The number of hydrogen-bond donors (Lipinski definition) is 4. The second-order valence-corrected chi connectivity index (χ2v) is 6.95. The summed E-state index contributed by atoms with van der Waals surface area (Å²) in [5.41, 5.74) is 0.844. The van der Waals surface area contributed by atoms with Crippen LogP contribution in [0.4, 0.5) is 0 Å². The summed E-state index contributed by atoms with van der Waals surface area (Å²) in [5.74, 6) is -1.000. The highest BCUT2D eigenvalue weighted by Gasteiger charge is 2.26. The van der Waals surface area contributed by atoms with E-state index in [4.69, 9.17) is 9.84 Å². The zero-order valence-electron chi connectivity index (χ0n) is 17.3. The maximum absolute atomic E-state index is 13.2. The molecule has 0 aliphatic rings. The van der Waals surface area contributed by atoms with Crippen LogP contribution in [0.3, 0.4) is 0 Å². The Hall–Kier alpha value is -3.10. The van der Waals surface area contributed by atoms with Crippen molar-refractivity contribution in [3.05, 3.63) is 52.6 Å². The van der Waals surface area contributed by atoms with E-state index in [0.717, 1.165) is 6.07 Å². The van der Waals surface area contributed by atoms with Crippen LogP contribution in [0.2, 0.25) is 0 Å². The Kier molecular flexibility index (Phi) is 7.79. The Balaban J connectivity index is 2.49. The number of aliphatic hydroxyl groups is 2. The molecule has 162 valence electrons. The van der Waals surface area contributed by atoms with Crippen LogP contribution in [-0.4, -0.2) is 70.4 Å². The van der Waals surface area contributed by atoms with Crippen molar-refractivity contribution in [2.24, 2.45) is 0 Å². The minimum absolute atomic E-state index is 0.0562. The van der Waals surface area contributed by atoms with Crippen molar-refractivity contribution in [2.75, 3.05) is 27.3 Å². The number of aromatic hydroxyl groups is 2. The van der Waals surface area contributed by atoms with E-state index in [-0.39, 0.29) is 35.4 Å². The standard InChI is InChI=1S/C22H27NO7/c1-4-16-17(9-20(28)23(2)11-14(25)12-24)21(19(27)10-18(16)26)22(29)13-5-7-15(30-3)8-6-13/h5-8,10,14,24-27H,4,9,11-12H2,1-3H3. The van der Waals surface area contributed by atoms with E-state index in [9.17, 15) is 24.9 Å². The molecule has 0 radical (unpaired) electrons. The van der Waals surface area contributed by atoms with E-state index >= 15 is 0 Å². The van der Waals surface area contributed by atoms with E-state index in [1.807, 2.05) is 0 Å². The first-order valence-electron chi connectivity index (χ1n) is 9.51. The average molecular weight is 417 g/mol. The van der Waals surface area contributed by atoms with Crippen LogP contribution < -0.4 is 4.74 Å². The molecular formula is C22H27NO7. The van der Waals surface area contributed by atoms with Gasteiger partial charge in [-0.1, -0.05) is 6.92 Å². The summed E-state index contributed by atoms with van der Waals surface area (Å²) < 4.78 is 5.09. The summed E-state index contributed by atoms with van der Waals surface area (Å²) in [4.78, 5) is 27.1. The zero-order valence-corrected chi connectivity index (χ0v) is 17.3. The smallest absolute Gasteiger partial charge is 0.226 e. The van der Waals surface area contributed by atoms with Gasteiger partial charge in [0.15, 0.2) is 5.78 Å². The number of phenolic OH excluding ortho intramolecular Hbond substituents is 2. The van der Waals surface area contributed by atoms with E-state index in [1.165, 1.54) is 19.1 Å². The normalized spacial score (nSPS) is 11.8. The van der Waals surface area contributed by atoms with Gasteiger partial charge in [-0.25, -0.2) is 0 Å². The molecule has 0 bridgehead atoms. The lowest BCUT2D eigenvalue weighted by atomic mass is 9.89. The van der Waals surface area contributed by atoms with Gasteiger partial charge in [0, 0.05) is 25.2 Å². The van der Waals surface area contributed by atoms with Crippen LogP contribution in [0, 0.1) is 0 Å². The lowest BCUT2D eigenvalue weighted by Crippen LogP contribution is -2.37. The van der Waals surface area contributed by atoms with Crippen molar-refractivity contribution in [1.82, 2.24) is 4.90 Å². The highest BCUT2D eigenvalue weighted by Crippen LogP contribution is 2.35. The molecule has 0 saturated carbocycles. The van der Waals surface area contributed by atoms with Gasteiger partial charge in [-0.15, -0.1) is 0 Å². The first kappa shape index (κ1) is 23.2. The molecule has 0 aromatic heterocycles. The first-order chi connectivity index (χ1) is 14.2. The van der Waals surface area contributed by atoms with Crippen molar-refractivity contribution >= 4 is 11.7 Å². The number of ether oxygens (including phenoxy) is 1. The molecule has 0 saturated heterocycles. The lowest BCUT2D eigenvalue weighted by molar-refractivity contribution is -0.130. The number of aliphatic hydroxyl groups excluding tert-OH is 2. The number of rotatable bonds is 9. The van der Waals surface area contributed by atoms with Gasteiger partial charge in [-0.2, -0.15) is 0 Å². The summed E-state index contributed by atoms with van der Waals surface area (Å²) >= 11 is 0. The molecular weight excluding hydrogens is 390 g/mol. The number of benzene rings is 2. The molecule has 2 aromatic rings. The van der Waals surface area contributed by atoms with Crippen molar-refractivity contribution in [3.8, 4) is 17.2 Å². The minimum atomic E-state index is -1.09. The minimum Gasteiger partial charge on any atom is -0.508 e. The molecule has 1 amide bonds. The molecule has 4 N–H and O–H groups in total. The Labute approximate surface area is 175 Å². The van der Waals surface area contributed by atoms with E-state index < -0.39 is 30.2 Å². The second-order valence-electron chi connectivity index (χ2n) is 6.95. The third-order valence-corrected chi connectivity index (χ3v) is 4.89. The molecule has 30 heavy (non-hydrogen) atoms. The predicted molar refractivity (Wildman–Crippen MR) is 110 cm³/mol. The topological polar surface area (TPSA) is 128 Å². The van der Waals surface area contributed by atoms with E-state index in [0.29, 0.717) is 17.7 Å². The highest BCUT2D eigenvalue weighted by atomic mass is 16.5. The summed E-state index contributed by atoms with van der Waals surface area (Å²) in [6.45, 7) is 1.18. The molecule has 8 heteroatoms. The van der Waals surface area contributed by atoms with Crippen LogP contribution >= 0.6 is 0 Å². The molecule has 0 fully saturated rings. The monoisotopic (exact) mass is 417 g/mol. The fourth-order valence-electron chi connectivity index (χ4n) is 3.24. The van der Waals surface area contributed by atoms with Gasteiger partial charge in [0.25, 0.3) is 0 Å². The number of nitrogens with zero attached hydrogens (tertiary/aromatic N) is 1. The van der Waals surface area contributed by atoms with Crippen LogP contribution in [0.25, 0.3) is 0 Å². The van der Waals surface area contributed by atoms with Crippen LogP contribution in [-0.2, 0) is 17.6 Å². The number of phenols is 2. The Morgan fingerprint density at radius 2 is 1.73 bits per heavy atom. The molecule has 1 atom stereocenters. The summed E-state index contributed by atoms with van der Waals surface area (Å²) in [7, 11) is 2.96. The van der Waals surface area contributed by atoms with Crippen molar-refractivity contribution in [2.45, 2.75) is 25.9 Å². The first-order valence-corrected chi connectivity index (χ1v) is 9.51. The number of carbonyl (C=O) groups excluding carboxylic acids is 2. The second kappa shape index (κ2) is 10.1. The Bertz CT molecular complexity index is 909. The van der Waals surface area contributed by atoms with Gasteiger partial charge in [-0.3, -0.25) is 9.59 Å². The molecule has 8 nitrogen and oxygen atoms in total. The van der Waals surface area contributed by atoms with Gasteiger partial charge in [0.1, 0.15) is 17.2 Å². The van der Waals surface area contributed by atoms with Crippen molar-refractivity contribution in [1.29, 1.82) is 0 Å². The number of hydrogen-bond acceptors (Lipinski definition) is 7. The van der Waals surface area contributed by atoms with E-state index in [1.54, 1.807) is 31.2 Å². The van der Waals surface area contributed by atoms with Gasteiger partial charge in [0.2, 0.25) is 5.91 Å². The van der Waals surface area contributed by atoms with Gasteiger partial charge in [-0.05, 0) is 41.8 Å². The molecule has 1 unspecified atom stereocenters. The third-order valence-electron chi connectivity index (χ3n) is 4.89. The number of likely N-dealkylation sites (N-methyl/N-ethyl adjacent to an activating group) is 1. The highest BCUT2D eigenvalue weighted by molar-refractivity contribution is 6.12. The third kappa shape index (κ3) is 5.08. The van der Waals surface area contributed by atoms with Crippen LogP contribution in [0.15, 0.2) is 30.3 Å². The maximum Gasteiger partial charge on any atom is 0.226 e. The van der Waals surface area contributed by atoms with Crippen LogP contribution in [0.5, 0.6) is 17.2 Å². The quantitative estimate of drug-likeness (QED) is 0.452. The Morgan fingerprint density at radius 3 is 2.27 bits per heavy atom. The number of methoxy groups -OCH3 is 1. The molecule has 0 aliphatic heterocycles. The molecule has 2 aromatic carbocycles. The number of ketones is 1. The van der Waals surface area contributed by atoms with Crippen LogP contribution in [0.1, 0.15) is 34.0 Å². The van der Waals surface area contributed by atoms with Gasteiger partial charge >= 0.3 is 0 Å². The average Bonchev–Trinajstić information content (AvgIpc) is 2.73. The SMILES string of the molecule is CCc1c(O)cc(O)c(C(=O)c2ccc(OC)cc2)c1CC(=O)N(C)CC(O)CO. The number of amides is 1. The van der Waals surface area contributed by atoms with Gasteiger partial charge < -0.3 is 30.1 Å². The van der Waals surface area contributed by atoms with Gasteiger partial charge in [0.05, 0.1) is 31.8 Å². The lowest BCUT2D eigenvalue weighted by Gasteiger charge is -2.22. The largest absolute Gasteiger partial charge is 0.508 e. The fraction of sp³-hybridized carbons (Fsp3) is 0.364. The molecule has 0 spiro atoms. The molecule has 0 aliphatic carbocycles. The number of carbonyl (C=O) groups is 2.